The van der Waals surface area contributed by atoms with Crippen LogP contribution in [0.15, 0.2) is 53.7 Å². The van der Waals surface area contributed by atoms with Gasteiger partial charge in [0.05, 0.1) is 18.1 Å². The maximum atomic E-state index is 13.0. The van der Waals surface area contributed by atoms with Crippen LogP contribution < -0.4 is 0 Å². The van der Waals surface area contributed by atoms with Crippen molar-refractivity contribution in [2.24, 2.45) is 40.6 Å². The number of hydrazone groups is 1. The number of nitrogens with zero attached hydrogens (tertiary/aromatic N) is 2. The molecule has 2 bridgehead atoms. The first-order valence-electron chi connectivity index (χ1n) is 9.46. The molecule has 5 heteroatoms. The molecule has 1 heterocycles. The topological polar surface area (TPSA) is 70.0 Å². The van der Waals surface area contributed by atoms with Crippen LogP contribution >= 0.6 is 0 Å². The van der Waals surface area contributed by atoms with Crippen molar-refractivity contribution in [2.75, 3.05) is 0 Å². The van der Waals surface area contributed by atoms with E-state index in [9.17, 15) is 14.7 Å². The van der Waals surface area contributed by atoms with E-state index < -0.39 is 0 Å². The van der Waals surface area contributed by atoms with E-state index in [-0.39, 0.29) is 41.2 Å². The van der Waals surface area contributed by atoms with Crippen LogP contribution in [0.3, 0.4) is 0 Å². The molecular formula is C22H18N2O3. The summed E-state index contributed by atoms with van der Waals surface area (Å²) in [5.41, 5.74) is 0.521. The summed E-state index contributed by atoms with van der Waals surface area (Å²) in [7, 11) is 0. The fraction of sp³-hybridized carbons (Fsp3) is 0.318. The predicted octanol–water partition coefficient (Wildman–Crippen LogP) is 2.93. The highest BCUT2D eigenvalue weighted by Gasteiger charge is 2.67. The Morgan fingerprint density at radius 3 is 2.33 bits per heavy atom. The summed E-state index contributed by atoms with van der Waals surface area (Å²) < 4.78 is 0. The molecule has 3 fully saturated rings. The zero-order valence-electron chi connectivity index (χ0n) is 14.5. The van der Waals surface area contributed by atoms with E-state index in [4.69, 9.17) is 0 Å². The van der Waals surface area contributed by atoms with Crippen LogP contribution in [-0.2, 0) is 9.59 Å². The van der Waals surface area contributed by atoms with E-state index in [1.807, 2.05) is 30.3 Å². The summed E-state index contributed by atoms with van der Waals surface area (Å²) >= 11 is 0. The predicted molar refractivity (Wildman–Crippen MR) is 99.8 cm³/mol. The summed E-state index contributed by atoms with van der Waals surface area (Å²) in [6.45, 7) is 0. The number of imide groups is 1. The third-order valence-electron chi connectivity index (χ3n) is 6.89. The molecule has 1 aliphatic heterocycles. The Hall–Kier alpha value is -2.95. The number of benzene rings is 2. The van der Waals surface area contributed by atoms with Crippen molar-refractivity contribution in [1.29, 1.82) is 0 Å². The number of carbonyl (C=O) groups excluding carboxylic acids is 2. The molecule has 0 radical (unpaired) electrons. The SMILES string of the molecule is O=C1[C@@H]2[C@@H]3C=C[C@H]([C@@H]4C[C@H]34)[C@@H]2C(=O)N1/N=C\c1c(O)ccc2ccccc12. The first-order chi connectivity index (χ1) is 13.1. The second kappa shape index (κ2) is 5.06. The molecule has 7 rings (SSSR count). The number of hydrogen-bond donors (Lipinski definition) is 1. The Labute approximate surface area is 156 Å². The first-order valence-corrected chi connectivity index (χ1v) is 9.46. The van der Waals surface area contributed by atoms with Crippen molar-refractivity contribution in [2.45, 2.75) is 6.42 Å². The van der Waals surface area contributed by atoms with Gasteiger partial charge in [0.2, 0.25) is 0 Å². The quantitative estimate of drug-likeness (QED) is 0.510. The van der Waals surface area contributed by atoms with Gasteiger partial charge in [-0.15, -0.1) is 0 Å². The molecule has 2 saturated carbocycles. The normalized spacial score (nSPS) is 35.9. The molecule has 0 unspecified atom stereocenters. The third-order valence-corrected chi connectivity index (χ3v) is 6.89. The second-order valence-corrected chi connectivity index (χ2v) is 8.11. The van der Waals surface area contributed by atoms with E-state index in [0.29, 0.717) is 17.4 Å². The van der Waals surface area contributed by atoms with Gasteiger partial charge in [0.1, 0.15) is 5.75 Å². The van der Waals surface area contributed by atoms with Gasteiger partial charge in [0, 0.05) is 5.56 Å². The largest absolute Gasteiger partial charge is 0.507 e. The van der Waals surface area contributed by atoms with E-state index in [0.717, 1.165) is 22.2 Å². The number of allylic oxidation sites excluding steroid dienone is 2. The van der Waals surface area contributed by atoms with Gasteiger partial charge in [-0.1, -0.05) is 42.5 Å². The Balaban J connectivity index is 1.38. The molecule has 4 aliphatic carbocycles. The van der Waals surface area contributed by atoms with Crippen molar-refractivity contribution >= 4 is 28.8 Å². The molecule has 2 amide bonds. The number of amides is 2. The molecule has 5 aliphatic rings. The number of hydrogen-bond acceptors (Lipinski definition) is 4. The fourth-order valence-corrected chi connectivity index (χ4v) is 5.59. The summed E-state index contributed by atoms with van der Waals surface area (Å²) in [6, 6.07) is 11.1. The molecule has 6 atom stereocenters. The van der Waals surface area contributed by atoms with E-state index in [1.165, 1.54) is 6.21 Å². The lowest BCUT2D eigenvalue weighted by Gasteiger charge is -2.37. The van der Waals surface area contributed by atoms with Gasteiger partial charge >= 0.3 is 0 Å². The maximum Gasteiger partial charge on any atom is 0.254 e. The number of carbonyl (C=O) groups is 2. The molecule has 2 aromatic carbocycles. The summed E-state index contributed by atoms with van der Waals surface area (Å²) in [5.74, 6) is 0.714. The zero-order valence-corrected chi connectivity index (χ0v) is 14.5. The highest BCUT2D eigenvalue weighted by Crippen LogP contribution is 2.65. The number of aromatic hydroxyl groups is 1. The van der Waals surface area contributed by atoms with Gasteiger partial charge in [-0.2, -0.15) is 10.1 Å². The highest BCUT2D eigenvalue weighted by atomic mass is 16.3. The lowest BCUT2D eigenvalue weighted by atomic mass is 9.63. The van der Waals surface area contributed by atoms with Crippen LogP contribution in [0.4, 0.5) is 0 Å². The highest BCUT2D eigenvalue weighted by molar-refractivity contribution is 6.08. The smallest absolute Gasteiger partial charge is 0.254 e. The van der Waals surface area contributed by atoms with Crippen molar-refractivity contribution in [1.82, 2.24) is 5.01 Å². The Morgan fingerprint density at radius 2 is 1.63 bits per heavy atom. The van der Waals surface area contributed by atoms with Crippen LogP contribution in [0.1, 0.15) is 12.0 Å². The molecule has 134 valence electrons. The van der Waals surface area contributed by atoms with Crippen molar-refractivity contribution in [3.8, 4) is 5.75 Å². The molecule has 2 aromatic rings. The Morgan fingerprint density at radius 1 is 0.963 bits per heavy atom. The first kappa shape index (κ1) is 15.1. The van der Waals surface area contributed by atoms with Gasteiger partial charge in [0.15, 0.2) is 0 Å². The summed E-state index contributed by atoms with van der Waals surface area (Å²) in [6.07, 6.45) is 6.88. The van der Waals surface area contributed by atoms with E-state index >= 15 is 0 Å². The number of phenols is 1. The number of phenolic OH excluding ortho intramolecular Hbond substituents is 1. The summed E-state index contributed by atoms with van der Waals surface area (Å²) in [5, 5.41) is 17.4. The Kier molecular flexibility index (Phi) is 2.84. The van der Waals surface area contributed by atoms with Crippen LogP contribution in [0.5, 0.6) is 5.75 Å². The van der Waals surface area contributed by atoms with Crippen molar-refractivity contribution < 1.29 is 14.7 Å². The lowest BCUT2D eigenvalue weighted by molar-refractivity contribution is -0.140. The van der Waals surface area contributed by atoms with Crippen LogP contribution in [-0.4, -0.2) is 28.1 Å². The second-order valence-electron chi connectivity index (χ2n) is 8.11. The van der Waals surface area contributed by atoms with Gasteiger partial charge in [0.25, 0.3) is 11.8 Å². The van der Waals surface area contributed by atoms with E-state index in [2.05, 4.69) is 17.3 Å². The van der Waals surface area contributed by atoms with Crippen LogP contribution in [0, 0.1) is 35.5 Å². The number of rotatable bonds is 2. The van der Waals surface area contributed by atoms with Crippen LogP contribution in [0.25, 0.3) is 10.8 Å². The molecule has 5 nitrogen and oxygen atoms in total. The lowest BCUT2D eigenvalue weighted by Crippen LogP contribution is -2.40. The standard InChI is InChI=1S/C22H18N2O3/c25-18-8-5-11-3-1-2-4-12(11)17(18)10-23-24-21(26)19-13-6-7-14(16-9-15(13)16)20(19)22(24)27/h1-8,10,13-16,19-20,25H,9H2/b23-10-/t13-,14-,15-,16+,19-,20+/m1/s1. The van der Waals surface area contributed by atoms with E-state index in [1.54, 1.807) is 6.07 Å². The molecule has 0 aromatic heterocycles. The monoisotopic (exact) mass is 358 g/mol. The Bertz CT molecular complexity index is 1040. The minimum Gasteiger partial charge on any atom is -0.507 e. The molecule has 27 heavy (non-hydrogen) atoms. The van der Waals surface area contributed by atoms with Gasteiger partial charge < -0.3 is 5.11 Å². The maximum absolute atomic E-state index is 13.0. The van der Waals surface area contributed by atoms with Crippen LogP contribution in [0.2, 0.25) is 0 Å². The van der Waals surface area contributed by atoms with Crippen molar-refractivity contribution in [3.05, 3.63) is 54.1 Å². The molecule has 1 saturated heterocycles. The molecule has 1 N–H and O–H groups in total. The number of fused-ring (bicyclic) bond motifs is 1. The minimum atomic E-state index is -0.255. The fourth-order valence-electron chi connectivity index (χ4n) is 5.59. The average Bonchev–Trinajstić information content (AvgIpc) is 3.47. The average molecular weight is 358 g/mol. The molecular weight excluding hydrogens is 340 g/mol. The van der Waals surface area contributed by atoms with Gasteiger partial charge in [-0.3, -0.25) is 9.59 Å². The van der Waals surface area contributed by atoms with Crippen molar-refractivity contribution in [3.63, 3.8) is 0 Å². The summed E-state index contributed by atoms with van der Waals surface area (Å²) in [4.78, 5) is 25.9. The molecule has 0 spiro atoms. The van der Waals surface area contributed by atoms with Gasteiger partial charge in [-0.25, -0.2) is 0 Å². The third kappa shape index (κ3) is 1.91. The van der Waals surface area contributed by atoms with Gasteiger partial charge in [-0.05, 0) is 46.9 Å². The minimum absolute atomic E-state index is 0.0805. The zero-order chi connectivity index (χ0) is 18.3.